The second kappa shape index (κ2) is 5.65. The van der Waals surface area contributed by atoms with E-state index in [1.54, 1.807) is 0 Å². The maximum atomic E-state index is 2.32. The molecule has 0 spiro atoms. The van der Waals surface area contributed by atoms with Crippen LogP contribution in [0.25, 0.3) is 23.3 Å². The first-order valence-electron chi connectivity index (χ1n) is 7.84. The maximum absolute atomic E-state index is 2.32. The van der Waals surface area contributed by atoms with E-state index in [1.807, 2.05) is 0 Å². The van der Waals surface area contributed by atoms with Crippen molar-refractivity contribution in [2.45, 2.75) is 12.8 Å². The molecule has 0 saturated heterocycles. The Morgan fingerprint density at radius 2 is 1.27 bits per heavy atom. The van der Waals surface area contributed by atoms with Crippen molar-refractivity contribution in [2.75, 3.05) is 0 Å². The van der Waals surface area contributed by atoms with Crippen LogP contribution < -0.4 is 0 Å². The van der Waals surface area contributed by atoms with E-state index >= 15 is 0 Å². The van der Waals surface area contributed by atoms with Gasteiger partial charge in [0, 0.05) is 0 Å². The van der Waals surface area contributed by atoms with Crippen LogP contribution >= 0.6 is 0 Å². The molecule has 1 aliphatic rings. The Morgan fingerprint density at radius 1 is 0.545 bits per heavy atom. The minimum Gasteiger partial charge on any atom is -0.0622 e. The van der Waals surface area contributed by atoms with Gasteiger partial charge in [0.25, 0.3) is 0 Å². The van der Waals surface area contributed by atoms with Crippen molar-refractivity contribution in [2.24, 2.45) is 0 Å². The van der Waals surface area contributed by atoms with E-state index in [9.17, 15) is 0 Å². The summed E-state index contributed by atoms with van der Waals surface area (Å²) in [6.45, 7) is 0. The maximum Gasteiger partial charge on any atom is -0.0178 e. The van der Waals surface area contributed by atoms with Gasteiger partial charge in [-0.3, -0.25) is 0 Å². The van der Waals surface area contributed by atoms with E-state index < -0.39 is 0 Å². The van der Waals surface area contributed by atoms with E-state index in [1.165, 1.54) is 46.2 Å². The van der Waals surface area contributed by atoms with Crippen LogP contribution in [0.1, 0.15) is 22.3 Å². The number of aryl methyl sites for hydroxylation is 2. The molecule has 0 unspecified atom stereocenters. The smallest absolute Gasteiger partial charge is 0.0178 e. The zero-order valence-electron chi connectivity index (χ0n) is 12.5. The van der Waals surface area contributed by atoms with Gasteiger partial charge in [-0.05, 0) is 52.3 Å². The zero-order chi connectivity index (χ0) is 14.8. The van der Waals surface area contributed by atoms with Crippen molar-refractivity contribution < 1.29 is 0 Å². The lowest BCUT2D eigenvalue weighted by molar-refractivity contribution is 0.839. The molecule has 0 radical (unpaired) electrons. The molecule has 0 atom stereocenters. The highest BCUT2D eigenvalue weighted by Crippen LogP contribution is 2.25. The molecule has 22 heavy (non-hydrogen) atoms. The summed E-state index contributed by atoms with van der Waals surface area (Å²) in [7, 11) is 0. The Morgan fingerprint density at radius 3 is 2.00 bits per heavy atom. The lowest BCUT2D eigenvalue weighted by atomic mass is 9.87. The Kier molecular flexibility index (Phi) is 3.36. The van der Waals surface area contributed by atoms with Crippen LogP contribution in [-0.4, -0.2) is 0 Å². The Labute approximate surface area is 131 Å². The molecule has 0 aliphatic heterocycles. The first-order valence-corrected chi connectivity index (χ1v) is 7.84. The molecule has 3 aromatic carbocycles. The van der Waals surface area contributed by atoms with E-state index in [2.05, 4.69) is 84.9 Å². The predicted molar refractivity (Wildman–Crippen MR) is 94.7 cm³/mol. The minimum absolute atomic E-state index is 1.24. The third kappa shape index (κ3) is 2.60. The fourth-order valence-electron chi connectivity index (χ4n) is 2.96. The lowest BCUT2D eigenvalue weighted by Gasteiger charge is -2.18. The van der Waals surface area contributed by atoms with Crippen LogP contribution in [0.4, 0.5) is 0 Å². The molecule has 0 saturated carbocycles. The van der Waals surface area contributed by atoms with Crippen LogP contribution in [0.2, 0.25) is 0 Å². The minimum atomic E-state index is 1.24. The lowest BCUT2D eigenvalue weighted by Crippen LogP contribution is -2.07. The third-order valence-electron chi connectivity index (χ3n) is 4.36. The second-order valence-corrected chi connectivity index (χ2v) is 5.85. The molecule has 0 amide bonds. The fraction of sp³-hybridized carbons (Fsp3) is 0.0909. The van der Waals surface area contributed by atoms with E-state index in [4.69, 9.17) is 0 Å². The topological polar surface area (TPSA) is 0 Å². The largest absolute Gasteiger partial charge is 0.0622 e. The Hall–Kier alpha value is -2.60. The van der Waals surface area contributed by atoms with Gasteiger partial charge in [0.05, 0.1) is 0 Å². The average molecular weight is 282 g/mol. The molecular weight excluding hydrogens is 264 g/mol. The summed E-state index contributed by atoms with van der Waals surface area (Å²) in [4.78, 5) is 0. The number of hydrogen-bond donors (Lipinski definition) is 0. The summed E-state index contributed by atoms with van der Waals surface area (Å²) in [6.07, 6.45) is 6.90. The molecule has 4 rings (SSSR count). The van der Waals surface area contributed by atoms with Gasteiger partial charge in [-0.2, -0.15) is 0 Å². The van der Waals surface area contributed by atoms with Gasteiger partial charge in [-0.15, -0.1) is 0 Å². The highest BCUT2D eigenvalue weighted by Gasteiger charge is 2.11. The molecule has 1 aliphatic carbocycles. The Bertz CT molecular complexity index is 826. The number of hydrogen-bond acceptors (Lipinski definition) is 0. The van der Waals surface area contributed by atoms with Crippen molar-refractivity contribution in [1.82, 2.24) is 0 Å². The zero-order valence-corrected chi connectivity index (χ0v) is 12.5. The summed E-state index contributed by atoms with van der Waals surface area (Å²) in [5.41, 5.74) is 8.09. The first-order chi connectivity index (χ1) is 10.9. The molecule has 0 nitrogen and oxygen atoms in total. The SMILES string of the molecule is C(=C\c1ccc2c(c1)CC2)/c1cccc(-c2ccccc2)c1. The van der Waals surface area contributed by atoms with Crippen LogP contribution in [0.5, 0.6) is 0 Å². The van der Waals surface area contributed by atoms with Crippen LogP contribution in [0.3, 0.4) is 0 Å². The summed E-state index contributed by atoms with van der Waals surface area (Å²) in [5, 5.41) is 0. The molecule has 106 valence electrons. The van der Waals surface area contributed by atoms with Crippen molar-refractivity contribution >= 4 is 12.2 Å². The molecule has 3 aromatic rings. The van der Waals surface area contributed by atoms with Gasteiger partial charge < -0.3 is 0 Å². The highest BCUT2D eigenvalue weighted by atomic mass is 14.2. The predicted octanol–water partition coefficient (Wildman–Crippen LogP) is 5.62. The second-order valence-electron chi connectivity index (χ2n) is 5.85. The summed E-state index contributed by atoms with van der Waals surface area (Å²) >= 11 is 0. The van der Waals surface area contributed by atoms with E-state index in [-0.39, 0.29) is 0 Å². The molecule has 0 aromatic heterocycles. The van der Waals surface area contributed by atoms with Crippen LogP contribution in [0.15, 0.2) is 72.8 Å². The monoisotopic (exact) mass is 282 g/mol. The van der Waals surface area contributed by atoms with Gasteiger partial charge >= 0.3 is 0 Å². The normalized spacial score (nSPS) is 12.9. The third-order valence-corrected chi connectivity index (χ3v) is 4.36. The molecule has 0 N–H and O–H groups in total. The summed E-state index contributed by atoms with van der Waals surface area (Å²) < 4.78 is 0. The van der Waals surface area contributed by atoms with Gasteiger partial charge in [0.2, 0.25) is 0 Å². The van der Waals surface area contributed by atoms with Gasteiger partial charge in [0.15, 0.2) is 0 Å². The highest BCUT2D eigenvalue weighted by molar-refractivity contribution is 5.74. The molecule has 0 heterocycles. The van der Waals surface area contributed by atoms with Crippen molar-refractivity contribution in [3.63, 3.8) is 0 Å². The van der Waals surface area contributed by atoms with Crippen LogP contribution in [0, 0.1) is 0 Å². The molecule has 0 bridgehead atoms. The van der Waals surface area contributed by atoms with Crippen LogP contribution in [-0.2, 0) is 12.8 Å². The quantitative estimate of drug-likeness (QED) is 0.547. The number of benzene rings is 3. The first kappa shape index (κ1) is 13.1. The molecule has 0 heteroatoms. The number of fused-ring (bicyclic) bond motifs is 1. The van der Waals surface area contributed by atoms with E-state index in [0.29, 0.717) is 0 Å². The summed E-state index contributed by atoms with van der Waals surface area (Å²) in [5.74, 6) is 0. The van der Waals surface area contributed by atoms with Gasteiger partial charge in [0.1, 0.15) is 0 Å². The van der Waals surface area contributed by atoms with Crippen molar-refractivity contribution in [3.05, 3.63) is 95.1 Å². The molecular formula is C22H18. The molecule has 0 fully saturated rings. The van der Waals surface area contributed by atoms with Gasteiger partial charge in [-0.25, -0.2) is 0 Å². The Balaban J connectivity index is 1.60. The summed E-state index contributed by atoms with van der Waals surface area (Å²) in [6, 6.07) is 26.0. The van der Waals surface area contributed by atoms with E-state index in [0.717, 1.165) is 0 Å². The van der Waals surface area contributed by atoms with Gasteiger partial charge in [-0.1, -0.05) is 78.9 Å². The van der Waals surface area contributed by atoms with Crippen molar-refractivity contribution in [1.29, 1.82) is 0 Å². The van der Waals surface area contributed by atoms with Crippen molar-refractivity contribution in [3.8, 4) is 11.1 Å². The number of rotatable bonds is 3. The average Bonchev–Trinajstić information content (AvgIpc) is 2.56. The standard InChI is InChI=1S/C22H18/c1-2-6-19(7-3-1)21-8-4-5-17(15-21)9-10-18-11-12-20-13-14-22(20)16-18/h1-12,15-16H,13-14H2/b10-9+. The fourth-order valence-corrected chi connectivity index (χ4v) is 2.96.